The molecule has 13 heteroatoms. The summed E-state index contributed by atoms with van der Waals surface area (Å²) in [6.07, 6.45) is 5.64. The van der Waals surface area contributed by atoms with Crippen molar-refractivity contribution in [2.75, 3.05) is 0 Å². The van der Waals surface area contributed by atoms with Crippen LogP contribution in [-0.4, -0.2) is 75.1 Å². The van der Waals surface area contributed by atoms with Gasteiger partial charge in [0.15, 0.2) is 0 Å². The second kappa shape index (κ2) is 16.4. The zero-order valence-corrected chi connectivity index (χ0v) is 22.4. The Morgan fingerprint density at radius 2 is 1.57 bits per heavy atom. The highest BCUT2D eigenvalue weighted by Gasteiger charge is 2.31. The second-order valence-corrected chi connectivity index (χ2v) is 9.25. The molecule has 4 amide bonds. The van der Waals surface area contributed by atoms with Crippen molar-refractivity contribution in [1.82, 2.24) is 31.2 Å². The maximum atomic E-state index is 13.2. The molecule has 215 valence electrons. The predicted molar refractivity (Wildman–Crippen MR) is 143 cm³/mol. The van der Waals surface area contributed by atoms with E-state index in [9.17, 15) is 33.9 Å². The molecular formula is C27H35N6O7. The molecule has 13 nitrogen and oxygen atoms in total. The van der Waals surface area contributed by atoms with Crippen LogP contribution in [0.25, 0.3) is 0 Å². The number of unbranched alkanes of at least 4 members (excludes halogenated alkanes) is 1. The average molecular weight is 556 g/mol. The minimum Gasteiger partial charge on any atom is -0.481 e. The summed E-state index contributed by atoms with van der Waals surface area (Å²) in [6.45, 7) is 3.15. The number of hydrogen-bond acceptors (Lipinski definition) is 7. The lowest BCUT2D eigenvalue weighted by Gasteiger charge is -2.25. The number of H-pyrrole nitrogens is 1. The van der Waals surface area contributed by atoms with Crippen molar-refractivity contribution in [3.05, 3.63) is 54.1 Å². The molecule has 0 saturated carbocycles. The molecule has 0 aliphatic carbocycles. The summed E-state index contributed by atoms with van der Waals surface area (Å²) < 4.78 is 0. The number of nitrogens with zero attached hydrogens (tertiary/aromatic N) is 1. The molecule has 0 bridgehead atoms. The molecule has 0 aliphatic rings. The molecule has 0 fully saturated rings. The third-order valence-electron chi connectivity index (χ3n) is 5.89. The summed E-state index contributed by atoms with van der Waals surface area (Å²) in [5, 5.41) is 19.3. The van der Waals surface area contributed by atoms with E-state index in [1.807, 2.05) is 13.0 Å². The molecule has 2 aromatic rings. The summed E-state index contributed by atoms with van der Waals surface area (Å²) in [5.41, 5.74) is 1.20. The Morgan fingerprint density at radius 3 is 2.15 bits per heavy atom. The van der Waals surface area contributed by atoms with Crippen LogP contribution in [0, 0.1) is 0 Å². The quantitative estimate of drug-likeness (QED) is 0.156. The number of carboxylic acids is 1. The molecular weight excluding hydrogens is 520 g/mol. The van der Waals surface area contributed by atoms with E-state index in [4.69, 9.17) is 0 Å². The summed E-state index contributed by atoms with van der Waals surface area (Å²) in [4.78, 5) is 80.7. The first kappa shape index (κ1) is 31.7. The Morgan fingerprint density at radius 1 is 0.925 bits per heavy atom. The van der Waals surface area contributed by atoms with Crippen LogP contribution in [0.4, 0.5) is 0 Å². The molecule has 1 aromatic heterocycles. The van der Waals surface area contributed by atoms with Crippen LogP contribution in [0.15, 0.2) is 42.9 Å². The van der Waals surface area contributed by atoms with Crippen molar-refractivity contribution in [1.29, 1.82) is 0 Å². The summed E-state index contributed by atoms with van der Waals surface area (Å²) >= 11 is 0. The van der Waals surface area contributed by atoms with Gasteiger partial charge in [0.1, 0.15) is 18.1 Å². The lowest BCUT2D eigenvalue weighted by atomic mass is 10.0. The van der Waals surface area contributed by atoms with Gasteiger partial charge < -0.3 is 31.4 Å². The second-order valence-electron chi connectivity index (χ2n) is 9.25. The van der Waals surface area contributed by atoms with Crippen molar-refractivity contribution in [2.24, 2.45) is 0 Å². The highest BCUT2D eigenvalue weighted by Crippen LogP contribution is 2.07. The number of aromatic amines is 1. The fourth-order valence-corrected chi connectivity index (χ4v) is 3.92. The number of rotatable bonds is 17. The van der Waals surface area contributed by atoms with Crippen LogP contribution in [0.3, 0.4) is 0 Å². The van der Waals surface area contributed by atoms with Gasteiger partial charge in [-0.25, -0.2) is 4.98 Å². The number of amides is 4. The summed E-state index contributed by atoms with van der Waals surface area (Å²) in [6, 6.07) is 4.17. The van der Waals surface area contributed by atoms with E-state index in [0.29, 0.717) is 18.5 Å². The smallest absolute Gasteiger partial charge is 0.305 e. The van der Waals surface area contributed by atoms with Gasteiger partial charge in [0, 0.05) is 26.0 Å². The Labute approximate surface area is 231 Å². The van der Waals surface area contributed by atoms with Crippen LogP contribution >= 0.6 is 0 Å². The fourth-order valence-electron chi connectivity index (χ4n) is 3.92. The predicted octanol–water partition coefficient (Wildman–Crippen LogP) is -0.0714. The lowest BCUT2D eigenvalue weighted by molar-refractivity contribution is -0.141. The SMILES string of the molecule is CCCC[C@H](NC(C)=O)C(=O)N[C@@H](CC(=O)O)C(=O)N[C@@H](Cc1c[nH]cn1)C(=O)N[C@@H]([C]=O)Cc1ccccc1. The maximum Gasteiger partial charge on any atom is 0.305 e. The first-order valence-corrected chi connectivity index (χ1v) is 12.9. The zero-order chi connectivity index (χ0) is 29.5. The van der Waals surface area contributed by atoms with Gasteiger partial charge in [0.05, 0.1) is 24.5 Å². The van der Waals surface area contributed by atoms with Gasteiger partial charge in [-0.15, -0.1) is 0 Å². The van der Waals surface area contributed by atoms with Crippen molar-refractivity contribution in [3.63, 3.8) is 0 Å². The van der Waals surface area contributed by atoms with Crippen LogP contribution < -0.4 is 21.3 Å². The van der Waals surface area contributed by atoms with Crippen LogP contribution in [0.5, 0.6) is 0 Å². The van der Waals surface area contributed by atoms with E-state index in [2.05, 4.69) is 31.2 Å². The normalized spacial score (nSPS) is 13.7. The number of nitrogens with one attached hydrogen (secondary N) is 5. The van der Waals surface area contributed by atoms with Crippen LogP contribution in [0.2, 0.25) is 0 Å². The molecule has 0 aliphatic heterocycles. The molecule has 4 atom stereocenters. The standard InChI is InChI=1S/C27H35N6O7/c1-3-4-10-21(30-17(2)35)25(38)33-23(13-24(36)37)27(40)32-22(12-19-14-28-16-29-19)26(39)31-20(15-34)11-18-8-6-5-7-9-18/h5-9,14,16,20-23H,3-4,10-13H2,1-2H3,(H,28,29)(H,30,35)(H,31,39)(H,32,40)(H,33,38)(H,36,37)/t20-,21+,22+,23+/m1/s1. The number of carbonyl (C=O) groups excluding carboxylic acids is 5. The van der Waals surface area contributed by atoms with E-state index in [1.165, 1.54) is 19.4 Å². The molecule has 1 radical (unpaired) electrons. The van der Waals surface area contributed by atoms with Crippen LogP contribution in [-0.2, 0) is 41.6 Å². The number of aliphatic carboxylic acids is 1. The molecule has 0 saturated heterocycles. The Bertz CT molecular complexity index is 1140. The molecule has 1 aromatic carbocycles. The number of carbonyl (C=O) groups is 5. The number of imidazole rings is 1. The van der Waals surface area contributed by atoms with Gasteiger partial charge in [-0.2, -0.15) is 0 Å². The number of hydrogen-bond donors (Lipinski definition) is 6. The summed E-state index contributed by atoms with van der Waals surface area (Å²) in [5.74, 6) is -4.20. The first-order chi connectivity index (χ1) is 19.1. The largest absolute Gasteiger partial charge is 0.481 e. The van der Waals surface area contributed by atoms with Crippen molar-refractivity contribution >= 4 is 35.9 Å². The molecule has 6 N–H and O–H groups in total. The van der Waals surface area contributed by atoms with Gasteiger partial charge >= 0.3 is 5.97 Å². The highest BCUT2D eigenvalue weighted by molar-refractivity contribution is 5.96. The minimum absolute atomic E-state index is 0.0866. The molecule has 1 heterocycles. The molecule has 0 unspecified atom stereocenters. The van der Waals surface area contributed by atoms with E-state index < -0.39 is 60.2 Å². The van der Waals surface area contributed by atoms with Gasteiger partial charge in [-0.1, -0.05) is 50.1 Å². The van der Waals surface area contributed by atoms with E-state index in [-0.39, 0.29) is 12.8 Å². The van der Waals surface area contributed by atoms with Crippen LogP contribution in [0.1, 0.15) is 50.8 Å². The van der Waals surface area contributed by atoms with Gasteiger partial charge in [0.25, 0.3) is 0 Å². The monoisotopic (exact) mass is 555 g/mol. The van der Waals surface area contributed by atoms with E-state index in [1.54, 1.807) is 30.6 Å². The Hall–Kier alpha value is -4.55. The minimum atomic E-state index is -1.55. The molecule has 0 spiro atoms. The molecule has 40 heavy (non-hydrogen) atoms. The first-order valence-electron chi connectivity index (χ1n) is 12.9. The van der Waals surface area contributed by atoms with Gasteiger partial charge in [-0.3, -0.25) is 28.8 Å². The van der Waals surface area contributed by atoms with E-state index >= 15 is 0 Å². The van der Waals surface area contributed by atoms with Crippen molar-refractivity contribution < 1.29 is 33.9 Å². The fraction of sp³-hybridized carbons (Fsp3) is 0.444. The number of benzene rings is 1. The zero-order valence-electron chi connectivity index (χ0n) is 22.4. The third-order valence-corrected chi connectivity index (χ3v) is 5.89. The van der Waals surface area contributed by atoms with Gasteiger partial charge in [0.2, 0.25) is 29.9 Å². The third kappa shape index (κ3) is 11.1. The Kier molecular flexibility index (Phi) is 13.0. The number of aromatic nitrogens is 2. The van der Waals surface area contributed by atoms with E-state index in [0.717, 1.165) is 12.0 Å². The maximum absolute atomic E-state index is 13.2. The highest BCUT2D eigenvalue weighted by atomic mass is 16.4. The Balaban J connectivity index is 2.20. The summed E-state index contributed by atoms with van der Waals surface area (Å²) in [7, 11) is 0. The number of carboxylic acid groups (broad SMARTS) is 1. The van der Waals surface area contributed by atoms with Gasteiger partial charge in [-0.05, 0) is 12.0 Å². The lowest BCUT2D eigenvalue weighted by Crippen LogP contribution is -2.58. The van der Waals surface area contributed by atoms with Crippen molar-refractivity contribution in [3.8, 4) is 0 Å². The topological polar surface area (TPSA) is 199 Å². The average Bonchev–Trinajstić information content (AvgIpc) is 3.43. The molecule has 2 rings (SSSR count). The van der Waals surface area contributed by atoms with Crippen molar-refractivity contribution in [2.45, 2.75) is 76.5 Å².